The summed E-state index contributed by atoms with van der Waals surface area (Å²) >= 11 is 7.32. The molecule has 3 aromatic rings. The summed E-state index contributed by atoms with van der Waals surface area (Å²) in [6, 6.07) is 14.5. The van der Waals surface area contributed by atoms with Crippen LogP contribution in [0, 0.1) is 0 Å². The Morgan fingerprint density at radius 2 is 2.00 bits per heavy atom. The van der Waals surface area contributed by atoms with Gasteiger partial charge >= 0.3 is 5.97 Å². The van der Waals surface area contributed by atoms with Gasteiger partial charge in [-0.2, -0.15) is 0 Å². The van der Waals surface area contributed by atoms with E-state index in [0.29, 0.717) is 27.9 Å². The Balaban J connectivity index is 1.55. The van der Waals surface area contributed by atoms with Gasteiger partial charge in [-0.05, 0) is 30.7 Å². The van der Waals surface area contributed by atoms with E-state index in [-0.39, 0.29) is 18.3 Å². The molecule has 7 nitrogen and oxygen atoms in total. The lowest BCUT2D eigenvalue weighted by Gasteiger charge is -2.09. The number of aromatic amines is 1. The highest BCUT2D eigenvalue weighted by Gasteiger charge is 2.13. The molecule has 0 atom stereocenters. The number of carbonyl (C=O) groups excluding carboxylic acids is 2. The van der Waals surface area contributed by atoms with Gasteiger partial charge in [0.2, 0.25) is 11.1 Å². The van der Waals surface area contributed by atoms with Crippen LogP contribution in [0.25, 0.3) is 0 Å². The summed E-state index contributed by atoms with van der Waals surface area (Å²) in [7, 11) is 0. The molecule has 2 N–H and O–H groups in total. The highest BCUT2D eigenvalue weighted by Crippen LogP contribution is 2.24. The smallest absolute Gasteiger partial charge is 0.338 e. The number of hydrogen-bond acceptors (Lipinski definition) is 6. The molecule has 0 saturated heterocycles. The number of amides is 1. The summed E-state index contributed by atoms with van der Waals surface area (Å²) in [4.78, 5) is 28.5. The quantitative estimate of drug-likeness (QED) is 0.414. The summed E-state index contributed by atoms with van der Waals surface area (Å²) in [6.45, 7) is 1.99. The predicted molar refractivity (Wildman–Crippen MR) is 112 cm³/mol. The second-order valence-corrected chi connectivity index (χ2v) is 7.33. The standard InChI is InChI=1S/C20H19ClN4O3S/c1-2-28-19(27)14-8-9-15(21)16(11-14)22-18(26)12-29-20-23-17(24-25-20)10-13-6-4-3-5-7-13/h3-9,11H,2,10,12H2,1H3,(H,22,26)(H,23,24,25). The fourth-order valence-corrected chi connectivity index (χ4v) is 3.27. The molecule has 0 aliphatic heterocycles. The molecule has 0 aliphatic rings. The molecule has 150 valence electrons. The fourth-order valence-electron chi connectivity index (χ4n) is 2.49. The summed E-state index contributed by atoms with van der Waals surface area (Å²) in [5.41, 5.74) is 1.79. The molecule has 2 aromatic carbocycles. The molecular weight excluding hydrogens is 412 g/mol. The topological polar surface area (TPSA) is 97.0 Å². The van der Waals surface area contributed by atoms with Crippen LogP contribution in [0.1, 0.15) is 28.7 Å². The van der Waals surface area contributed by atoms with E-state index in [4.69, 9.17) is 16.3 Å². The van der Waals surface area contributed by atoms with Crippen molar-refractivity contribution < 1.29 is 14.3 Å². The minimum atomic E-state index is -0.472. The Bertz CT molecular complexity index is 994. The number of hydrogen-bond donors (Lipinski definition) is 2. The van der Waals surface area contributed by atoms with Crippen LogP contribution in [0.5, 0.6) is 0 Å². The number of rotatable bonds is 8. The number of nitrogens with zero attached hydrogens (tertiary/aromatic N) is 2. The molecule has 0 unspecified atom stereocenters. The maximum Gasteiger partial charge on any atom is 0.338 e. The van der Waals surface area contributed by atoms with Gasteiger partial charge in [0, 0.05) is 6.42 Å². The molecule has 0 fully saturated rings. The van der Waals surface area contributed by atoms with Crippen molar-refractivity contribution in [3.05, 3.63) is 70.5 Å². The van der Waals surface area contributed by atoms with Gasteiger partial charge in [0.15, 0.2) is 0 Å². The van der Waals surface area contributed by atoms with Crippen molar-refractivity contribution in [3.63, 3.8) is 0 Å². The Morgan fingerprint density at radius 3 is 2.76 bits per heavy atom. The largest absolute Gasteiger partial charge is 0.462 e. The molecule has 0 saturated carbocycles. The Kier molecular flexibility index (Phi) is 7.26. The molecule has 0 spiro atoms. The van der Waals surface area contributed by atoms with Gasteiger partial charge < -0.3 is 10.1 Å². The lowest BCUT2D eigenvalue weighted by Crippen LogP contribution is -2.15. The zero-order valence-electron chi connectivity index (χ0n) is 15.6. The van der Waals surface area contributed by atoms with Crippen LogP contribution >= 0.6 is 23.4 Å². The van der Waals surface area contributed by atoms with Gasteiger partial charge in [0.1, 0.15) is 5.82 Å². The molecule has 29 heavy (non-hydrogen) atoms. The predicted octanol–water partition coefficient (Wildman–Crippen LogP) is 3.96. The van der Waals surface area contributed by atoms with Crippen molar-refractivity contribution in [1.29, 1.82) is 0 Å². The normalized spacial score (nSPS) is 10.6. The summed E-state index contributed by atoms with van der Waals surface area (Å²) in [5, 5.41) is 10.5. The first kappa shape index (κ1) is 20.9. The number of esters is 1. The van der Waals surface area contributed by atoms with Crippen LogP contribution in [0.4, 0.5) is 5.69 Å². The maximum atomic E-state index is 12.3. The highest BCUT2D eigenvalue weighted by molar-refractivity contribution is 7.99. The highest BCUT2D eigenvalue weighted by atomic mass is 35.5. The van der Waals surface area contributed by atoms with E-state index in [2.05, 4.69) is 20.5 Å². The zero-order chi connectivity index (χ0) is 20.6. The Labute approximate surface area is 177 Å². The van der Waals surface area contributed by atoms with E-state index in [1.807, 2.05) is 30.3 Å². The van der Waals surface area contributed by atoms with E-state index in [1.165, 1.54) is 17.8 Å². The van der Waals surface area contributed by atoms with Crippen molar-refractivity contribution in [2.75, 3.05) is 17.7 Å². The van der Waals surface area contributed by atoms with Gasteiger partial charge in [-0.15, -0.1) is 5.10 Å². The molecule has 0 aliphatic carbocycles. The minimum Gasteiger partial charge on any atom is -0.462 e. The first-order valence-corrected chi connectivity index (χ1v) is 10.3. The first-order valence-electron chi connectivity index (χ1n) is 8.89. The molecule has 0 bridgehead atoms. The molecule has 1 amide bonds. The van der Waals surface area contributed by atoms with Gasteiger partial charge in [-0.25, -0.2) is 9.78 Å². The third-order valence-corrected chi connectivity index (χ3v) is 4.99. The SMILES string of the molecule is CCOC(=O)c1ccc(Cl)c(NC(=O)CSc2n[nH]c(Cc3ccccc3)n2)c1. The van der Waals surface area contributed by atoms with Crippen molar-refractivity contribution in [2.45, 2.75) is 18.5 Å². The fraction of sp³-hybridized carbons (Fsp3) is 0.200. The number of nitrogens with one attached hydrogen (secondary N) is 2. The number of carbonyl (C=O) groups is 2. The lowest BCUT2D eigenvalue weighted by molar-refractivity contribution is -0.113. The summed E-state index contributed by atoms with van der Waals surface area (Å²) in [5.74, 6) is 0.0695. The van der Waals surface area contributed by atoms with E-state index in [1.54, 1.807) is 19.1 Å². The van der Waals surface area contributed by atoms with Crippen LogP contribution < -0.4 is 5.32 Å². The monoisotopic (exact) mass is 430 g/mol. The summed E-state index contributed by atoms with van der Waals surface area (Å²) < 4.78 is 4.96. The third-order valence-electron chi connectivity index (χ3n) is 3.81. The zero-order valence-corrected chi connectivity index (χ0v) is 17.2. The van der Waals surface area contributed by atoms with E-state index >= 15 is 0 Å². The van der Waals surface area contributed by atoms with E-state index in [0.717, 1.165) is 11.4 Å². The maximum absolute atomic E-state index is 12.3. The van der Waals surface area contributed by atoms with Gasteiger partial charge in [0.25, 0.3) is 0 Å². The molecule has 3 rings (SSSR count). The van der Waals surface area contributed by atoms with Crippen molar-refractivity contribution in [3.8, 4) is 0 Å². The number of anilines is 1. The van der Waals surface area contributed by atoms with Gasteiger partial charge in [-0.1, -0.05) is 53.7 Å². The van der Waals surface area contributed by atoms with Crippen molar-refractivity contribution in [2.24, 2.45) is 0 Å². The second kappa shape index (κ2) is 10.1. The van der Waals surface area contributed by atoms with Crippen LogP contribution in [0.3, 0.4) is 0 Å². The molecule has 1 aromatic heterocycles. The van der Waals surface area contributed by atoms with Crippen molar-refractivity contribution >= 4 is 40.9 Å². The van der Waals surface area contributed by atoms with Crippen molar-refractivity contribution in [1.82, 2.24) is 15.2 Å². The number of thioether (sulfide) groups is 1. The molecule has 0 radical (unpaired) electrons. The van der Waals surface area contributed by atoms with Gasteiger partial charge in [-0.3, -0.25) is 9.89 Å². The molecule has 9 heteroatoms. The minimum absolute atomic E-state index is 0.0998. The Morgan fingerprint density at radius 1 is 1.21 bits per heavy atom. The number of H-pyrrole nitrogens is 1. The first-order chi connectivity index (χ1) is 14.0. The second-order valence-electron chi connectivity index (χ2n) is 5.98. The number of halogens is 1. The Hall–Kier alpha value is -2.84. The van der Waals surface area contributed by atoms with Gasteiger partial charge in [0.05, 0.1) is 28.6 Å². The number of benzene rings is 2. The average molecular weight is 431 g/mol. The molecular formula is C20H19ClN4O3S. The number of ether oxygens (including phenoxy) is 1. The summed E-state index contributed by atoms with van der Waals surface area (Å²) in [6.07, 6.45) is 0.636. The van der Waals surface area contributed by atoms with Crippen LogP contribution in [0.15, 0.2) is 53.7 Å². The van der Waals surface area contributed by atoms with E-state index in [9.17, 15) is 9.59 Å². The van der Waals surface area contributed by atoms with Crippen LogP contribution in [0.2, 0.25) is 5.02 Å². The number of aromatic nitrogens is 3. The van der Waals surface area contributed by atoms with Crippen LogP contribution in [-0.4, -0.2) is 39.4 Å². The van der Waals surface area contributed by atoms with E-state index < -0.39 is 5.97 Å². The van der Waals surface area contributed by atoms with Crippen LogP contribution in [-0.2, 0) is 16.0 Å². The third kappa shape index (κ3) is 6.07. The lowest BCUT2D eigenvalue weighted by atomic mass is 10.1. The average Bonchev–Trinajstić information content (AvgIpc) is 3.16. The molecule has 1 heterocycles.